The molecular formula is C61H98O6. The molecule has 0 bridgehead atoms. The van der Waals surface area contributed by atoms with E-state index in [1.54, 1.807) is 0 Å². The quantitative estimate of drug-likeness (QED) is 0.0199. The molecule has 0 aromatic carbocycles. The highest BCUT2D eigenvalue weighted by Gasteiger charge is 2.19. The van der Waals surface area contributed by atoms with Gasteiger partial charge in [-0.3, -0.25) is 14.4 Å². The minimum atomic E-state index is -0.809. The fourth-order valence-corrected chi connectivity index (χ4v) is 6.93. The Bertz CT molecular complexity index is 1440. The molecule has 0 aromatic heterocycles. The molecule has 6 nitrogen and oxygen atoms in total. The minimum absolute atomic E-state index is 0.108. The van der Waals surface area contributed by atoms with Crippen LogP contribution in [0.25, 0.3) is 0 Å². The SMILES string of the molecule is CC/C=C\C/C=C\C/C=C\C/C=C\C/C=C\CCCCCC(=O)OCC(COC(=O)CCCCC/C=C\C=C/CCCC)OC(=O)CCCCCCCCCCC/C=C\C/C=C\C/C=C\CC. The van der Waals surface area contributed by atoms with E-state index >= 15 is 0 Å². The van der Waals surface area contributed by atoms with E-state index in [0.717, 1.165) is 135 Å². The number of carbonyl (C=O) groups excluding carboxylic acids is 3. The topological polar surface area (TPSA) is 78.9 Å². The lowest BCUT2D eigenvalue weighted by Crippen LogP contribution is -2.30. The van der Waals surface area contributed by atoms with Gasteiger partial charge in [0.1, 0.15) is 13.2 Å². The molecule has 0 rings (SSSR count). The van der Waals surface area contributed by atoms with E-state index in [1.807, 2.05) is 0 Å². The van der Waals surface area contributed by atoms with Crippen LogP contribution in [-0.2, 0) is 28.6 Å². The van der Waals surface area contributed by atoms with Crippen molar-refractivity contribution < 1.29 is 28.6 Å². The molecule has 0 aliphatic rings. The lowest BCUT2D eigenvalue weighted by atomic mass is 10.1. The first-order valence-corrected chi connectivity index (χ1v) is 27.1. The van der Waals surface area contributed by atoms with Gasteiger partial charge in [0.15, 0.2) is 6.10 Å². The highest BCUT2D eigenvalue weighted by atomic mass is 16.6. The summed E-state index contributed by atoms with van der Waals surface area (Å²) in [6.07, 6.45) is 74.7. The normalized spacial score (nSPS) is 13.1. The van der Waals surface area contributed by atoms with E-state index in [0.29, 0.717) is 19.3 Å². The van der Waals surface area contributed by atoms with Crippen LogP contribution >= 0.6 is 0 Å². The van der Waals surface area contributed by atoms with Gasteiger partial charge in [-0.1, -0.05) is 213 Å². The number of hydrogen-bond acceptors (Lipinski definition) is 6. The van der Waals surface area contributed by atoms with Gasteiger partial charge in [-0.05, 0) is 116 Å². The lowest BCUT2D eigenvalue weighted by molar-refractivity contribution is -0.167. The smallest absolute Gasteiger partial charge is 0.306 e. The second-order valence-electron chi connectivity index (χ2n) is 17.4. The largest absolute Gasteiger partial charge is 0.462 e. The number of hydrogen-bond donors (Lipinski definition) is 0. The third-order valence-corrected chi connectivity index (χ3v) is 11.0. The highest BCUT2D eigenvalue weighted by molar-refractivity contribution is 5.71. The third kappa shape index (κ3) is 52.6. The second-order valence-corrected chi connectivity index (χ2v) is 17.4. The molecule has 0 saturated carbocycles. The standard InChI is InChI=1S/C61H98O6/c1-4-7-10-13-16-19-22-24-26-28-30-32-34-36-39-42-45-48-51-54-60(63)66-57-58(56-65-59(62)53-50-47-44-41-38-21-18-15-12-9-6-3)67-61(64)55-52-49-46-43-40-37-35-33-31-29-27-25-23-20-17-14-11-8-5-2/h7-8,10-11,15-21,24-27,30,32,36,38-39,58H,4-6,9,12-14,22-23,28-29,31,33-35,37,40-57H2,1-3H3/b10-7-,11-8-,18-15-,19-16-,20-17-,26-24-,27-25-,32-30-,38-21-,39-36-. The summed E-state index contributed by atoms with van der Waals surface area (Å²) < 4.78 is 16.8. The molecule has 0 radical (unpaired) electrons. The van der Waals surface area contributed by atoms with Crippen LogP contribution in [0.5, 0.6) is 0 Å². The van der Waals surface area contributed by atoms with Crippen molar-refractivity contribution in [1.82, 2.24) is 0 Å². The summed E-state index contributed by atoms with van der Waals surface area (Å²) in [6.45, 7) is 6.29. The Morgan fingerprint density at radius 2 is 0.627 bits per heavy atom. The first-order valence-electron chi connectivity index (χ1n) is 27.1. The molecule has 0 amide bonds. The summed E-state index contributed by atoms with van der Waals surface area (Å²) in [6, 6.07) is 0. The number of unbranched alkanes of at least 4 members (excludes halogenated alkanes) is 17. The molecule has 0 fully saturated rings. The molecule has 0 aliphatic carbocycles. The fourth-order valence-electron chi connectivity index (χ4n) is 6.93. The molecular weight excluding hydrogens is 829 g/mol. The molecule has 0 heterocycles. The van der Waals surface area contributed by atoms with Crippen molar-refractivity contribution in [2.24, 2.45) is 0 Å². The van der Waals surface area contributed by atoms with Gasteiger partial charge in [0.25, 0.3) is 0 Å². The molecule has 6 heteroatoms. The lowest BCUT2D eigenvalue weighted by Gasteiger charge is -2.18. The van der Waals surface area contributed by atoms with Gasteiger partial charge in [0.2, 0.25) is 0 Å². The number of carbonyl (C=O) groups is 3. The molecule has 0 aliphatic heterocycles. The zero-order valence-corrected chi connectivity index (χ0v) is 43.1. The van der Waals surface area contributed by atoms with Gasteiger partial charge in [0.05, 0.1) is 0 Å². The average Bonchev–Trinajstić information content (AvgIpc) is 3.33. The van der Waals surface area contributed by atoms with Crippen molar-refractivity contribution in [2.75, 3.05) is 13.2 Å². The number of rotatable bonds is 47. The van der Waals surface area contributed by atoms with Crippen LogP contribution in [0.15, 0.2) is 122 Å². The van der Waals surface area contributed by atoms with Crippen molar-refractivity contribution in [3.05, 3.63) is 122 Å². The highest BCUT2D eigenvalue weighted by Crippen LogP contribution is 2.14. The van der Waals surface area contributed by atoms with E-state index < -0.39 is 6.10 Å². The summed E-state index contributed by atoms with van der Waals surface area (Å²) >= 11 is 0. The van der Waals surface area contributed by atoms with Crippen LogP contribution in [0.4, 0.5) is 0 Å². The van der Waals surface area contributed by atoms with Crippen molar-refractivity contribution in [3.8, 4) is 0 Å². The molecule has 0 aromatic rings. The summed E-state index contributed by atoms with van der Waals surface area (Å²) in [4.78, 5) is 38.0. The zero-order chi connectivity index (χ0) is 48.6. The fraction of sp³-hybridized carbons (Fsp3) is 0.623. The van der Waals surface area contributed by atoms with Crippen molar-refractivity contribution in [2.45, 2.75) is 232 Å². The number of allylic oxidation sites excluding steroid dienone is 20. The Morgan fingerprint density at radius 3 is 1.01 bits per heavy atom. The second kappa shape index (κ2) is 54.4. The predicted octanol–water partition coefficient (Wildman–Crippen LogP) is 18.1. The Kier molecular flexibility index (Phi) is 51.0. The molecule has 1 unspecified atom stereocenters. The Morgan fingerprint density at radius 1 is 0.328 bits per heavy atom. The first kappa shape index (κ1) is 62.8. The van der Waals surface area contributed by atoms with E-state index in [4.69, 9.17) is 14.2 Å². The third-order valence-electron chi connectivity index (χ3n) is 11.0. The van der Waals surface area contributed by atoms with Crippen LogP contribution in [-0.4, -0.2) is 37.2 Å². The van der Waals surface area contributed by atoms with Crippen LogP contribution in [0.2, 0.25) is 0 Å². The van der Waals surface area contributed by atoms with Crippen LogP contribution in [0.3, 0.4) is 0 Å². The van der Waals surface area contributed by atoms with Crippen LogP contribution in [0.1, 0.15) is 226 Å². The summed E-state index contributed by atoms with van der Waals surface area (Å²) in [7, 11) is 0. The molecule has 67 heavy (non-hydrogen) atoms. The van der Waals surface area contributed by atoms with Crippen LogP contribution in [0, 0.1) is 0 Å². The van der Waals surface area contributed by atoms with Crippen LogP contribution < -0.4 is 0 Å². The van der Waals surface area contributed by atoms with Gasteiger partial charge < -0.3 is 14.2 Å². The number of ether oxygens (including phenoxy) is 3. The van der Waals surface area contributed by atoms with Gasteiger partial charge in [-0.2, -0.15) is 0 Å². The zero-order valence-electron chi connectivity index (χ0n) is 43.1. The van der Waals surface area contributed by atoms with Gasteiger partial charge in [-0.25, -0.2) is 0 Å². The van der Waals surface area contributed by atoms with Gasteiger partial charge in [0, 0.05) is 19.3 Å². The monoisotopic (exact) mass is 927 g/mol. The Hall–Kier alpha value is -4.19. The summed E-state index contributed by atoms with van der Waals surface area (Å²) in [5, 5.41) is 0. The van der Waals surface area contributed by atoms with Crippen molar-refractivity contribution in [3.63, 3.8) is 0 Å². The molecule has 0 saturated heterocycles. The predicted molar refractivity (Wildman–Crippen MR) is 288 cm³/mol. The maximum absolute atomic E-state index is 12.8. The number of esters is 3. The first-order chi connectivity index (χ1) is 33.0. The average molecular weight is 927 g/mol. The summed E-state index contributed by atoms with van der Waals surface area (Å²) in [5.74, 6) is -0.977. The van der Waals surface area contributed by atoms with Crippen molar-refractivity contribution >= 4 is 17.9 Å². The van der Waals surface area contributed by atoms with Gasteiger partial charge in [-0.15, -0.1) is 0 Å². The van der Waals surface area contributed by atoms with E-state index in [9.17, 15) is 14.4 Å². The maximum atomic E-state index is 12.8. The maximum Gasteiger partial charge on any atom is 0.306 e. The van der Waals surface area contributed by atoms with Gasteiger partial charge >= 0.3 is 17.9 Å². The summed E-state index contributed by atoms with van der Waals surface area (Å²) in [5.41, 5.74) is 0. The molecule has 0 N–H and O–H groups in total. The van der Waals surface area contributed by atoms with E-state index in [2.05, 4.69) is 142 Å². The molecule has 0 spiro atoms. The van der Waals surface area contributed by atoms with E-state index in [1.165, 1.54) is 51.4 Å². The van der Waals surface area contributed by atoms with E-state index in [-0.39, 0.29) is 31.1 Å². The Balaban J connectivity index is 4.46. The Labute approximate surface area is 412 Å². The molecule has 378 valence electrons. The van der Waals surface area contributed by atoms with Crippen molar-refractivity contribution in [1.29, 1.82) is 0 Å². The molecule has 1 atom stereocenters. The minimum Gasteiger partial charge on any atom is -0.462 e.